The fraction of sp³-hybridized carbons (Fsp3) is 0.333. The van der Waals surface area contributed by atoms with Crippen molar-refractivity contribution in [3.8, 4) is 0 Å². The number of esters is 1. The first-order valence-corrected chi connectivity index (χ1v) is 7.45. The molecule has 0 fully saturated rings. The van der Waals surface area contributed by atoms with E-state index in [9.17, 15) is 4.79 Å². The molecule has 2 aromatic rings. The lowest BCUT2D eigenvalue weighted by atomic mass is 10.0. The van der Waals surface area contributed by atoms with Crippen LogP contribution in [0.25, 0.3) is 0 Å². The van der Waals surface area contributed by atoms with Crippen molar-refractivity contribution in [2.24, 2.45) is 0 Å². The summed E-state index contributed by atoms with van der Waals surface area (Å²) in [5, 5.41) is 5.80. The van der Waals surface area contributed by atoms with E-state index < -0.39 is 5.97 Å². The van der Waals surface area contributed by atoms with E-state index >= 15 is 0 Å². The predicted octanol–water partition coefficient (Wildman–Crippen LogP) is 2.98. The summed E-state index contributed by atoms with van der Waals surface area (Å²) in [4.78, 5) is 23.2. The molecule has 0 atom stereocenters. The first-order valence-electron chi connectivity index (χ1n) is 7.07. The van der Waals surface area contributed by atoms with E-state index in [1.807, 2.05) is 24.3 Å². The van der Waals surface area contributed by atoms with E-state index in [0.717, 1.165) is 5.69 Å². The van der Waals surface area contributed by atoms with Crippen molar-refractivity contribution < 1.29 is 9.53 Å². The van der Waals surface area contributed by atoms with Crippen LogP contribution in [0, 0.1) is 0 Å². The number of hydrogen-bond acceptors (Lipinski definition) is 7. The summed E-state index contributed by atoms with van der Waals surface area (Å²) in [5.41, 5.74) is 2.07. The summed E-state index contributed by atoms with van der Waals surface area (Å²) >= 11 is 5.87. The van der Waals surface area contributed by atoms with Crippen LogP contribution < -0.4 is 10.6 Å². The number of methoxy groups -OCH3 is 1. The van der Waals surface area contributed by atoms with Crippen molar-refractivity contribution in [2.75, 3.05) is 24.3 Å². The summed E-state index contributed by atoms with van der Waals surface area (Å²) < 4.78 is 4.54. The second-order valence-electron chi connectivity index (χ2n) is 5.08. The smallest absolute Gasteiger partial charge is 0.325 e. The van der Waals surface area contributed by atoms with Crippen LogP contribution in [0.4, 0.5) is 17.6 Å². The molecule has 0 saturated carbocycles. The summed E-state index contributed by atoms with van der Waals surface area (Å²) in [7, 11) is 1.30. The average Bonchev–Trinajstić information content (AvgIpc) is 2.52. The van der Waals surface area contributed by atoms with Crippen LogP contribution in [0.2, 0.25) is 5.28 Å². The van der Waals surface area contributed by atoms with Crippen LogP contribution in [0.5, 0.6) is 0 Å². The van der Waals surface area contributed by atoms with Gasteiger partial charge in [-0.25, -0.2) is 0 Å². The molecule has 0 radical (unpaired) electrons. The number of anilines is 3. The number of aromatic nitrogens is 3. The van der Waals surface area contributed by atoms with Crippen LogP contribution >= 0.6 is 11.6 Å². The molecule has 1 aromatic carbocycles. The zero-order chi connectivity index (χ0) is 16.8. The van der Waals surface area contributed by atoms with E-state index in [2.05, 4.69) is 44.2 Å². The largest absolute Gasteiger partial charge is 0.468 e. The third kappa shape index (κ3) is 5.07. The lowest BCUT2D eigenvalue weighted by molar-refractivity contribution is -0.138. The van der Waals surface area contributed by atoms with Gasteiger partial charge in [-0.05, 0) is 35.2 Å². The van der Waals surface area contributed by atoms with Gasteiger partial charge in [0.2, 0.25) is 17.2 Å². The highest BCUT2D eigenvalue weighted by Crippen LogP contribution is 2.20. The third-order valence-corrected chi connectivity index (χ3v) is 3.23. The van der Waals surface area contributed by atoms with E-state index in [0.29, 0.717) is 5.92 Å². The molecule has 23 heavy (non-hydrogen) atoms. The van der Waals surface area contributed by atoms with Gasteiger partial charge < -0.3 is 15.4 Å². The fourth-order valence-corrected chi connectivity index (χ4v) is 1.95. The highest BCUT2D eigenvalue weighted by Gasteiger charge is 2.08. The Bertz CT molecular complexity index is 676. The zero-order valence-corrected chi connectivity index (χ0v) is 13.9. The molecular formula is C15H18ClN5O2. The maximum Gasteiger partial charge on any atom is 0.325 e. The Balaban J connectivity index is 2.10. The molecule has 2 rings (SSSR count). The minimum absolute atomic E-state index is 0.0219. The van der Waals surface area contributed by atoms with Gasteiger partial charge in [-0.15, -0.1) is 0 Å². The Morgan fingerprint density at radius 2 is 1.83 bits per heavy atom. The lowest BCUT2D eigenvalue weighted by Gasteiger charge is -2.09. The standard InChI is InChI=1S/C15H18ClN5O2/c1-9(2)10-4-6-11(7-5-10)18-15-20-13(16)19-14(21-15)17-8-12(22)23-3/h4-7,9H,8H2,1-3H3,(H2,17,18,19,20,21). The van der Waals surface area contributed by atoms with Gasteiger partial charge in [0, 0.05) is 5.69 Å². The van der Waals surface area contributed by atoms with Gasteiger partial charge in [0.15, 0.2) is 0 Å². The van der Waals surface area contributed by atoms with Gasteiger partial charge in [-0.1, -0.05) is 26.0 Å². The zero-order valence-electron chi connectivity index (χ0n) is 13.1. The van der Waals surface area contributed by atoms with Crippen molar-refractivity contribution in [3.05, 3.63) is 35.1 Å². The SMILES string of the molecule is COC(=O)CNc1nc(Cl)nc(Nc2ccc(C(C)C)cc2)n1. The molecule has 2 N–H and O–H groups in total. The number of nitrogens with zero attached hydrogens (tertiary/aromatic N) is 3. The number of halogens is 1. The van der Waals surface area contributed by atoms with E-state index in [4.69, 9.17) is 11.6 Å². The first kappa shape index (κ1) is 17.0. The number of carbonyl (C=O) groups excluding carboxylic acids is 1. The molecule has 0 amide bonds. The lowest BCUT2D eigenvalue weighted by Crippen LogP contribution is -2.17. The minimum atomic E-state index is -0.430. The van der Waals surface area contributed by atoms with Crippen LogP contribution in [-0.2, 0) is 9.53 Å². The van der Waals surface area contributed by atoms with Crippen molar-refractivity contribution in [2.45, 2.75) is 19.8 Å². The molecule has 0 bridgehead atoms. The van der Waals surface area contributed by atoms with Crippen LogP contribution in [0.3, 0.4) is 0 Å². The first-order chi connectivity index (χ1) is 11.0. The Hall–Kier alpha value is -2.41. The van der Waals surface area contributed by atoms with Crippen LogP contribution in [0.1, 0.15) is 25.3 Å². The Kier molecular flexibility index (Phi) is 5.70. The van der Waals surface area contributed by atoms with Gasteiger partial charge in [0.1, 0.15) is 6.54 Å². The molecule has 0 saturated heterocycles. The normalized spacial score (nSPS) is 10.5. The van der Waals surface area contributed by atoms with Crippen molar-refractivity contribution in [1.29, 1.82) is 0 Å². The Labute approximate surface area is 139 Å². The maximum absolute atomic E-state index is 11.1. The average molecular weight is 336 g/mol. The Morgan fingerprint density at radius 1 is 1.17 bits per heavy atom. The summed E-state index contributed by atoms with van der Waals surface area (Å²) in [5.74, 6) is 0.511. The van der Waals surface area contributed by atoms with Crippen molar-refractivity contribution in [3.63, 3.8) is 0 Å². The second-order valence-corrected chi connectivity index (χ2v) is 5.42. The molecular weight excluding hydrogens is 318 g/mol. The van der Waals surface area contributed by atoms with Gasteiger partial charge >= 0.3 is 5.97 Å². The van der Waals surface area contributed by atoms with Gasteiger partial charge in [-0.2, -0.15) is 15.0 Å². The van der Waals surface area contributed by atoms with Crippen LogP contribution in [-0.4, -0.2) is 34.6 Å². The molecule has 7 nitrogen and oxygen atoms in total. The predicted molar refractivity (Wildman–Crippen MR) is 89.2 cm³/mol. The summed E-state index contributed by atoms with van der Waals surface area (Å²) in [6.45, 7) is 4.21. The molecule has 1 heterocycles. The molecule has 0 aliphatic rings. The number of carbonyl (C=O) groups is 1. The number of nitrogens with one attached hydrogen (secondary N) is 2. The number of hydrogen-bond donors (Lipinski definition) is 2. The fourth-order valence-electron chi connectivity index (χ4n) is 1.79. The van der Waals surface area contributed by atoms with Gasteiger partial charge in [0.05, 0.1) is 7.11 Å². The molecule has 0 spiro atoms. The van der Waals surface area contributed by atoms with Gasteiger partial charge in [-0.3, -0.25) is 4.79 Å². The minimum Gasteiger partial charge on any atom is -0.468 e. The van der Waals surface area contributed by atoms with Crippen LogP contribution in [0.15, 0.2) is 24.3 Å². The molecule has 8 heteroatoms. The van der Waals surface area contributed by atoms with Gasteiger partial charge in [0.25, 0.3) is 0 Å². The topological polar surface area (TPSA) is 89.0 Å². The molecule has 0 aliphatic carbocycles. The molecule has 122 valence electrons. The number of benzene rings is 1. The molecule has 1 aromatic heterocycles. The van der Waals surface area contributed by atoms with Crippen molar-refractivity contribution >= 4 is 35.2 Å². The number of ether oxygens (including phenoxy) is 1. The summed E-state index contributed by atoms with van der Waals surface area (Å²) in [6, 6.07) is 7.95. The van der Waals surface area contributed by atoms with E-state index in [1.54, 1.807) is 0 Å². The van der Waals surface area contributed by atoms with E-state index in [1.165, 1.54) is 12.7 Å². The molecule has 0 aliphatic heterocycles. The quantitative estimate of drug-likeness (QED) is 0.784. The second kappa shape index (κ2) is 7.73. The summed E-state index contributed by atoms with van der Waals surface area (Å²) in [6.07, 6.45) is 0. The monoisotopic (exact) mass is 335 g/mol. The number of rotatable bonds is 6. The highest BCUT2D eigenvalue weighted by atomic mass is 35.5. The highest BCUT2D eigenvalue weighted by molar-refractivity contribution is 6.28. The third-order valence-electron chi connectivity index (χ3n) is 3.06. The maximum atomic E-state index is 11.1. The van der Waals surface area contributed by atoms with E-state index in [-0.39, 0.29) is 23.7 Å². The molecule has 0 unspecified atom stereocenters. The Morgan fingerprint density at radius 3 is 2.43 bits per heavy atom. The van der Waals surface area contributed by atoms with Crippen molar-refractivity contribution in [1.82, 2.24) is 15.0 Å².